The lowest BCUT2D eigenvalue weighted by Gasteiger charge is -2.08. The molecule has 0 saturated heterocycles. The summed E-state index contributed by atoms with van der Waals surface area (Å²) in [5, 5.41) is 4.03. The molecule has 0 amide bonds. The molecule has 13 heavy (non-hydrogen) atoms. The highest BCUT2D eigenvalue weighted by Crippen LogP contribution is 2.08. The van der Waals surface area contributed by atoms with Crippen LogP contribution in [0, 0.1) is 5.92 Å². The molecule has 0 N–H and O–H groups in total. The lowest BCUT2D eigenvalue weighted by atomic mass is 10.2. The highest BCUT2D eigenvalue weighted by molar-refractivity contribution is 9.10. The first kappa shape index (κ1) is 10.2. The molecule has 1 rings (SSSR count). The van der Waals surface area contributed by atoms with Gasteiger partial charge in [-0.15, -0.1) is 0 Å². The Kier molecular flexibility index (Phi) is 3.48. The van der Waals surface area contributed by atoms with Gasteiger partial charge >= 0.3 is 5.97 Å². The molecule has 0 saturated carbocycles. The number of ether oxygens (including phenoxy) is 1. The van der Waals surface area contributed by atoms with Crippen molar-refractivity contribution in [3.63, 3.8) is 0 Å². The van der Waals surface area contributed by atoms with Crippen molar-refractivity contribution in [2.45, 2.75) is 13.5 Å². The maximum Gasteiger partial charge on any atom is 0.310 e. The van der Waals surface area contributed by atoms with E-state index in [-0.39, 0.29) is 11.9 Å². The largest absolute Gasteiger partial charge is 0.469 e. The van der Waals surface area contributed by atoms with Crippen molar-refractivity contribution in [3.8, 4) is 0 Å². The maximum absolute atomic E-state index is 11.0. The summed E-state index contributed by atoms with van der Waals surface area (Å²) in [5.74, 6) is -0.386. The smallest absolute Gasteiger partial charge is 0.310 e. The van der Waals surface area contributed by atoms with Crippen molar-refractivity contribution in [3.05, 3.63) is 16.9 Å². The second-order valence-corrected chi connectivity index (χ2v) is 3.72. The first-order valence-electron chi connectivity index (χ1n) is 3.89. The Morgan fingerprint density at radius 2 is 2.54 bits per heavy atom. The van der Waals surface area contributed by atoms with Crippen LogP contribution in [-0.4, -0.2) is 22.9 Å². The third kappa shape index (κ3) is 2.84. The van der Waals surface area contributed by atoms with Gasteiger partial charge in [-0.3, -0.25) is 9.48 Å². The maximum atomic E-state index is 11.0. The first-order valence-corrected chi connectivity index (χ1v) is 4.68. The fourth-order valence-corrected chi connectivity index (χ4v) is 1.32. The van der Waals surface area contributed by atoms with Gasteiger partial charge < -0.3 is 4.74 Å². The fraction of sp³-hybridized carbons (Fsp3) is 0.500. The second-order valence-electron chi connectivity index (χ2n) is 2.80. The molecule has 1 heterocycles. The molecular weight excluding hydrogens is 236 g/mol. The Hall–Kier alpha value is -0.840. The number of halogens is 1. The number of hydrogen-bond acceptors (Lipinski definition) is 3. The van der Waals surface area contributed by atoms with Crippen molar-refractivity contribution in [1.29, 1.82) is 0 Å². The SMILES string of the molecule is COC(=O)[C@H](C)Cn1cc(Br)cn1. The van der Waals surface area contributed by atoms with Crippen LogP contribution in [0.3, 0.4) is 0 Å². The fourth-order valence-electron chi connectivity index (χ4n) is 0.994. The van der Waals surface area contributed by atoms with Crippen molar-refractivity contribution in [1.82, 2.24) is 9.78 Å². The number of methoxy groups -OCH3 is 1. The van der Waals surface area contributed by atoms with Crippen LogP contribution in [-0.2, 0) is 16.1 Å². The van der Waals surface area contributed by atoms with Gasteiger partial charge in [-0.05, 0) is 15.9 Å². The third-order valence-electron chi connectivity index (χ3n) is 1.67. The van der Waals surface area contributed by atoms with Crippen molar-refractivity contribution < 1.29 is 9.53 Å². The molecule has 1 aromatic rings. The van der Waals surface area contributed by atoms with Crippen LogP contribution in [0.15, 0.2) is 16.9 Å². The molecular formula is C8H11BrN2O2. The summed E-state index contributed by atoms with van der Waals surface area (Å²) in [7, 11) is 1.39. The molecule has 4 nitrogen and oxygen atoms in total. The number of rotatable bonds is 3. The monoisotopic (exact) mass is 246 g/mol. The lowest BCUT2D eigenvalue weighted by molar-refractivity contribution is -0.145. The molecule has 5 heteroatoms. The Morgan fingerprint density at radius 3 is 3.00 bits per heavy atom. The number of hydrogen-bond donors (Lipinski definition) is 0. The van der Waals surface area contributed by atoms with Gasteiger partial charge in [0.1, 0.15) is 0 Å². The molecule has 0 aliphatic carbocycles. The zero-order valence-electron chi connectivity index (χ0n) is 7.53. The predicted octanol–water partition coefficient (Wildman–Crippen LogP) is 1.45. The molecule has 1 aromatic heterocycles. The average Bonchev–Trinajstić information content (AvgIpc) is 2.49. The number of carbonyl (C=O) groups is 1. The normalized spacial score (nSPS) is 12.5. The minimum Gasteiger partial charge on any atom is -0.469 e. The predicted molar refractivity (Wildman–Crippen MR) is 51.1 cm³/mol. The van der Waals surface area contributed by atoms with E-state index in [1.54, 1.807) is 17.8 Å². The summed E-state index contributed by atoms with van der Waals surface area (Å²) in [4.78, 5) is 11.0. The van der Waals surface area contributed by atoms with E-state index in [0.717, 1.165) is 4.47 Å². The quantitative estimate of drug-likeness (QED) is 0.759. The van der Waals surface area contributed by atoms with E-state index in [1.807, 2.05) is 6.20 Å². The van der Waals surface area contributed by atoms with Crippen molar-refractivity contribution in [2.24, 2.45) is 5.92 Å². The Morgan fingerprint density at radius 1 is 1.85 bits per heavy atom. The molecule has 0 aliphatic rings. The van der Waals surface area contributed by atoms with E-state index in [9.17, 15) is 4.79 Å². The van der Waals surface area contributed by atoms with E-state index >= 15 is 0 Å². The molecule has 0 fully saturated rings. The zero-order chi connectivity index (χ0) is 9.84. The first-order chi connectivity index (χ1) is 6.13. The van der Waals surface area contributed by atoms with E-state index in [2.05, 4.69) is 25.8 Å². The third-order valence-corrected chi connectivity index (χ3v) is 2.08. The van der Waals surface area contributed by atoms with Gasteiger partial charge in [-0.25, -0.2) is 0 Å². The molecule has 0 bridgehead atoms. The summed E-state index contributed by atoms with van der Waals surface area (Å²) < 4.78 is 7.21. The van der Waals surface area contributed by atoms with Crippen LogP contribution in [0.2, 0.25) is 0 Å². The summed E-state index contributed by atoms with van der Waals surface area (Å²) in [6, 6.07) is 0. The molecule has 0 spiro atoms. The van der Waals surface area contributed by atoms with Crippen LogP contribution in [0.5, 0.6) is 0 Å². The van der Waals surface area contributed by atoms with Gasteiger partial charge in [0.15, 0.2) is 0 Å². The highest BCUT2D eigenvalue weighted by Gasteiger charge is 2.13. The van der Waals surface area contributed by atoms with Crippen LogP contribution in [0.4, 0.5) is 0 Å². The standard InChI is InChI=1S/C8H11BrN2O2/c1-6(8(12)13-2)4-11-5-7(9)3-10-11/h3,5-6H,4H2,1-2H3/t6-/m1/s1. The number of esters is 1. The second kappa shape index (κ2) is 4.41. The van der Waals surface area contributed by atoms with E-state index in [1.165, 1.54) is 7.11 Å². The summed E-state index contributed by atoms with van der Waals surface area (Å²) in [5.41, 5.74) is 0. The van der Waals surface area contributed by atoms with E-state index < -0.39 is 0 Å². The molecule has 0 aromatic carbocycles. The Balaban J connectivity index is 2.54. The number of aromatic nitrogens is 2. The minimum absolute atomic E-state index is 0.170. The Bertz CT molecular complexity index is 298. The van der Waals surface area contributed by atoms with E-state index in [0.29, 0.717) is 6.54 Å². The zero-order valence-corrected chi connectivity index (χ0v) is 9.11. The topological polar surface area (TPSA) is 44.1 Å². The van der Waals surface area contributed by atoms with Gasteiger partial charge in [0, 0.05) is 6.20 Å². The number of carbonyl (C=O) groups excluding carboxylic acids is 1. The summed E-state index contributed by atoms with van der Waals surface area (Å²) >= 11 is 3.28. The Labute approximate surface area is 85.0 Å². The molecule has 0 unspecified atom stereocenters. The van der Waals surface area contributed by atoms with Gasteiger partial charge in [0.2, 0.25) is 0 Å². The van der Waals surface area contributed by atoms with Crippen LogP contribution >= 0.6 is 15.9 Å². The lowest BCUT2D eigenvalue weighted by Crippen LogP contribution is -2.18. The number of nitrogens with zero attached hydrogens (tertiary/aromatic N) is 2. The van der Waals surface area contributed by atoms with Gasteiger partial charge in [-0.2, -0.15) is 5.10 Å². The molecule has 1 atom stereocenters. The minimum atomic E-state index is -0.216. The van der Waals surface area contributed by atoms with Gasteiger partial charge in [0.05, 0.1) is 30.2 Å². The van der Waals surface area contributed by atoms with Gasteiger partial charge in [0.25, 0.3) is 0 Å². The highest BCUT2D eigenvalue weighted by atomic mass is 79.9. The molecule has 0 aliphatic heterocycles. The van der Waals surface area contributed by atoms with Crippen LogP contribution in [0.25, 0.3) is 0 Å². The molecule has 0 radical (unpaired) electrons. The van der Waals surface area contributed by atoms with Gasteiger partial charge in [-0.1, -0.05) is 6.92 Å². The summed E-state index contributed by atoms with van der Waals surface area (Å²) in [6.07, 6.45) is 3.50. The van der Waals surface area contributed by atoms with Crippen molar-refractivity contribution in [2.75, 3.05) is 7.11 Å². The summed E-state index contributed by atoms with van der Waals surface area (Å²) in [6.45, 7) is 2.35. The van der Waals surface area contributed by atoms with E-state index in [4.69, 9.17) is 0 Å². The molecule has 72 valence electrons. The van der Waals surface area contributed by atoms with Crippen LogP contribution in [0.1, 0.15) is 6.92 Å². The average molecular weight is 247 g/mol. The van der Waals surface area contributed by atoms with Crippen molar-refractivity contribution >= 4 is 21.9 Å². The van der Waals surface area contributed by atoms with Crippen LogP contribution < -0.4 is 0 Å².